The van der Waals surface area contributed by atoms with E-state index in [2.05, 4.69) is 67.7 Å². The molecule has 0 saturated heterocycles. The van der Waals surface area contributed by atoms with Crippen LogP contribution in [0.4, 0.5) is 0 Å². The van der Waals surface area contributed by atoms with E-state index < -0.39 is 180 Å². The van der Waals surface area contributed by atoms with Crippen LogP contribution in [0.15, 0.2) is 97.2 Å². The highest BCUT2D eigenvalue weighted by Gasteiger charge is 2.36. The average molecular weight is 1870 g/mol. The Kier molecular flexibility index (Phi) is 51.9. The summed E-state index contributed by atoms with van der Waals surface area (Å²) in [5, 5.41) is 68.0. The third-order valence-electron chi connectivity index (χ3n) is 21.0. The Balaban J connectivity index is 1.07. The summed E-state index contributed by atoms with van der Waals surface area (Å²) in [5.74, 6) is -15.9. The Morgan fingerprint density at radius 2 is 0.826 bits per heavy atom. The second-order valence-electron chi connectivity index (χ2n) is 31.8. The van der Waals surface area contributed by atoms with Gasteiger partial charge in [-0.1, -0.05) is 189 Å². The number of fused-ring (bicyclic) bond motifs is 2. The first-order valence-corrected chi connectivity index (χ1v) is 46.1. The molecule has 12 amide bonds. The second kappa shape index (κ2) is 62.2. The topological polar surface area (TPSA) is 629 Å². The summed E-state index contributed by atoms with van der Waals surface area (Å²) in [5.41, 5.74) is 7.77. The molecule has 0 unspecified atom stereocenters. The van der Waals surface area contributed by atoms with Crippen LogP contribution in [0.25, 0.3) is 21.7 Å². The lowest BCUT2D eigenvalue weighted by Crippen LogP contribution is -2.59. The Morgan fingerprint density at radius 1 is 0.379 bits per heavy atom. The van der Waals surface area contributed by atoms with Gasteiger partial charge in [-0.15, -0.1) is 0 Å². The summed E-state index contributed by atoms with van der Waals surface area (Å²) in [7, 11) is -4.99. The third kappa shape index (κ3) is 46.0. The van der Waals surface area contributed by atoms with Crippen molar-refractivity contribution in [3.8, 4) is 5.75 Å². The molecule has 0 aliphatic heterocycles. The lowest BCUT2D eigenvalue weighted by molar-refractivity contribution is -0.142. The number of benzene rings is 4. The van der Waals surface area contributed by atoms with Crippen molar-refractivity contribution < 1.29 is 133 Å². The first kappa shape index (κ1) is 110. The molecular weight excluding hydrogens is 1740 g/mol. The number of carbonyl (C=O) groups is 16. The number of nitrogens with one attached hydrogen (secondary N) is 12. The number of amides is 12. The van der Waals surface area contributed by atoms with Gasteiger partial charge in [0.2, 0.25) is 70.9 Å². The number of ether oxygens (including phenoxy) is 4. The van der Waals surface area contributed by atoms with E-state index in [9.17, 15) is 105 Å². The predicted molar refractivity (Wildman–Crippen MR) is 481 cm³/mol. The zero-order chi connectivity index (χ0) is 96.6. The maximum Gasteiger partial charge on any atom is 0.446 e. The zero-order valence-corrected chi connectivity index (χ0v) is 75.6. The van der Waals surface area contributed by atoms with Crippen LogP contribution in [0.5, 0.6) is 5.75 Å². The highest BCUT2D eigenvalue weighted by molar-refractivity contribution is 7.81. The molecule has 0 aliphatic carbocycles. The summed E-state index contributed by atoms with van der Waals surface area (Å²) < 4.78 is 58.4. The zero-order valence-electron chi connectivity index (χ0n) is 74.8. The van der Waals surface area contributed by atoms with Crippen LogP contribution in [-0.2, 0) is 125 Å². The first-order chi connectivity index (χ1) is 63.2. The van der Waals surface area contributed by atoms with E-state index in [0.29, 0.717) is 47.7 Å². The summed E-state index contributed by atoms with van der Waals surface area (Å²) in [6.07, 6.45) is 14.8. The molecule has 41 nitrogen and oxygen atoms in total. The molecule has 0 fully saturated rings. The fraction of sp³-hybridized carbons (Fsp3) is 0.556. The van der Waals surface area contributed by atoms with Crippen LogP contribution in [0.2, 0.25) is 0 Å². The maximum absolute atomic E-state index is 14.7. The van der Waals surface area contributed by atoms with E-state index >= 15 is 0 Å². The smallest absolute Gasteiger partial charge is 0.446 e. The first-order valence-electron chi connectivity index (χ1n) is 44.7. The molecule has 5 rings (SSSR count). The standard InChI is InChI=1S/C90H129N13O28S/c1-3-5-31-67(84(116)95-56-77(106)97-72(52-62-55-94-66-33-24-23-30-65(62)66)87(119)100-68(32-6-4-2)85(117)103-74(54-82(113)114)89(121)101-70(83(91)115)51-61-28-25-27-60-26-21-22-29-64(60)61)99-86(118)71(50-59-36-38-63(39-37-59)131-132(124,125)126)102-88(120)73(53-81(111)112)98-79(108)58-130-49-47-128-45-43-93-78(107)57-129-48-46-127-44-42-92-75(104)41-40-69(90(122)123)96-76(105)34-19-17-15-13-11-9-7-8-10-12-14-16-18-20-35-80(109)110/h21-30,33,36-39,55,67-74,94H,3-20,31-32,34-35,40-54,56-58H2,1-2H3,(H2,91,115)(H,92,104)(H,93,107)(H,95,116)(H,96,105)(H,97,106)(H,98,108)(H,99,118)(H,100,119)(H,101,121)(H,102,120)(H,103,117)(H,109,110)(H,111,112)(H,113,114)(H,122,123)(H,124,125,126)/t67-,68-,69-,70-,71-,72-,73-,74-/m0/s1. The van der Waals surface area contributed by atoms with Crippen molar-refractivity contribution in [2.24, 2.45) is 5.73 Å². The highest BCUT2D eigenvalue weighted by atomic mass is 32.3. The molecule has 42 heteroatoms. The van der Waals surface area contributed by atoms with Gasteiger partial charge >= 0.3 is 34.3 Å². The van der Waals surface area contributed by atoms with E-state index in [1.807, 2.05) is 24.3 Å². The van der Waals surface area contributed by atoms with Crippen molar-refractivity contribution in [2.75, 3.05) is 72.5 Å². The number of primary amides is 1. The number of aromatic amines is 1. The van der Waals surface area contributed by atoms with Gasteiger partial charge in [0.15, 0.2) is 0 Å². The SMILES string of the molecule is CCCC[C@H](NC(=O)[C@H](Cc1ccc(OS(=O)(=O)O)cc1)NC(=O)[C@H](CC(=O)O)NC(=O)COCCOCCNC(=O)COCCOCCNC(=O)CC[C@H](NC(=O)CCCCCCCCCCCCCCCCC(=O)O)C(=O)O)C(=O)NCC(=O)N[C@@H](Cc1c[nH]c2ccccc12)C(=O)N[C@@H](CCCC)C(=O)N[C@@H](CC(=O)O)C(=O)N[C@@H](Cc1cccc2ccccc12)C(N)=O. The van der Waals surface area contributed by atoms with Gasteiger partial charge in [0, 0.05) is 68.7 Å². The fourth-order valence-electron chi connectivity index (χ4n) is 14.1. The van der Waals surface area contributed by atoms with Crippen molar-refractivity contribution in [3.05, 3.63) is 114 Å². The average Bonchev–Trinajstić information content (AvgIpc) is 1.04. The molecule has 0 saturated carbocycles. The number of carbonyl (C=O) groups excluding carboxylic acids is 12. The predicted octanol–water partition coefficient (Wildman–Crippen LogP) is 3.83. The molecule has 0 radical (unpaired) electrons. The van der Waals surface area contributed by atoms with Crippen molar-refractivity contribution in [3.63, 3.8) is 0 Å². The molecule has 19 N–H and O–H groups in total. The van der Waals surface area contributed by atoms with Crippen LogP contribution in [-0.4, -0.2) is 254 Å². The Morgan fingerprint density at radius 3 is 1.38 bits per heavy atom. The lowest BCUT2D eigenvalue weighted by Gasteiger charge is -2.26. The molecule has 4 aromatic carbocycles. The van der Waals surface area contributed by atoms with Crippen LogP contribution in [0, 0.1) is 0 Å². The summed E-state index contributed by atoms with van der Waals surface area (Å²) in [4.78, 5) is 213. The molecule has 132 heavy (non-hydrogen) atoms. The minimum atomic E-state index is -4.99. The van der Waals surface area contributed by atoms with Gasteiger partial charge in [0.1, 0.15) is 67.3 Å². The molecule has 0 aliphatic rings. The number of nitrogens with two attached hydrogens (primary N) is 1. The highest BCUT2D eigenvalue weighted by Crippen LogP contribution is 2.24. The number of para-hydroxylation sites is 1. The van der Waals surface area contributed by atoms with Crippen molar-refractivity contribution in [2.45, 2.75) is 248 Å². The number of unbranched alkanes of at least 4 members (excludes halogenated alkanes) is 15. The second-order valence-corrected chi connectivity index (χ2v) is 32.8. The van der Waals surface area contributed by atoms with E-state index in [4.69, 9.17) is 29.8 Å². The Hall–Kier alpha value is -12.3. The van der Waals surface area contributed by atoms with Gasteiger partial charge in [-0.05, 0) is 77.8 Å². The summed E-state index contributed by atoms with van der Waals surface area (Å²) in [6.45, 7) is 1.67. The van der Waals surface area contributed by atoms with Gasteiger partial charge in [0.05, 0.1) is 59.0 Å². The number of hydrogen-bond donors (Lipinski definition) is 18. The van der Waals surface area contributed by atoms with Gasteiger partial charge in [-0.25, -0.2) is 4.79 Å². The van der Waals surface area contributed by atoms with Crippen LogP contribution >= 0.6 is 0 Å². The van der Waals surface area contributed by atoms with Crippen molar-refractivity contribution in [1.82, 2.24) is 63.5 Å². The lowest BCUT2D eigenvalue weighted by atomic mass is 9.98. The number of hydrogen-bond acceptors (Lipinski definition) is 23. The molecule has 8 atom stereocenters. The quantitative estimate of drug-likeness (QED) is 0.0194. The van der Waals surface area contributed by atoms with E-state index in [-0.39, 0.29) is 134 Å². The molecule has 5 aromatic rings. The molecule has 1 heterocycles. The van der Waals surface area contributed by atoms with Gasteiger partial charge in [-0.3, -0.25) is 76.5 Å². The van der Waals surface area contributed by atoms with E-state index in [0.717, 1.165) is 80.7 Å². The minimum absolute atomic E-state index is 0.0103. The molecule has 0 spiro atoms. The Bertz CT molecular complexity index is 4660. The number of carboxylic acid groups (broad SMARTS) is 4. The number of rotatable bonds is 72. The number of aliphatic carboxylic acids is 4. The van der Waals surface area contributed by atoms with Gasteiger partial charge in [-0.2, -0.15) is 8.42 Å². The molecule has 1 aromatic heterocycles. The van der Waals surface area contributed by atoms with Crippen molar-refractivity contribution >= 4 is 127 Å². The summed E-state index contributed by atoms with van der Waals surface area (Å²) in [6, 6.07) is 11.9. The monoisotopic (exact) mass is 1870 g/mol. The van der Waals surface area contributed by atoms with Crippen LogP contribution < -0.4 is 68.4 Å². The van der Waals surface area contributed by atoms with Crippen LogP contribution in [0.3, 0.4) is 0 Å². The van der Waals surface area contributed by atoms with Crippen LogP contribution in [0.1, 0.15) is 197 Å². The normalized spacial score (nSPS) is 13.1. The molecular formula is C90H129N13O28S. The largest absolute Gasteiger partial charge is 0.481 e. The number of aromatic nitrogens is 1. The molecule has 0 bridgehead atoms. The molecule has 728 valence electrons. The van der Waals surface area contributed by atoms with Gasteiger partial charge in [0.25, 0.3) is 0 Å². The minimum Gasteiger partial charge on any atom is -0.481 e. The third-order valence-corrected chi connectivity index (χ3v) is 21.4. The summed E-state index contributed by atoms with van der Waals surface area (Å²) >= 11 is 0. The number of H-pyrrole nitrogens is 1. The fourth-order valence-corrected chi connectivity index (χ4v) is 14.4. The van der Waals surface area contributed by atoms with E-state index in [1.54, 1.807) is 62.5 Å². The maximum atomic E-state index is 14.7. The van der Waals surface area contributed by atoms with Crippen molar-refractivity contribution in [1.29, 1.82) is 0 Å². The Labute approximate surface area is 766 Å². The number of carboxylic acids is 4. The van der Waals surface area contributed by atoms with E-state index in [1.165, 1.54) is 37.8 Å². The van der Waals surface area contributed by atoms with Gasteiger partial charge < -0.3 is 113 Å².